The number of hydrogen-bond donors (Lipinski definition) is 2. The first-order valence-corrected chi connectivity index (χ1v) is 8.16. The minimum atomic E-state index is -0.551. The van der Waals surface area contributed by atoms with Gasteiger partial charge in [0.15, 0.2) is 0 Å². The number of hydrogen-bond acceptors (Lipinski definition) is 5. The van der Waals surface area contributed by atoms with Crippen molar-refractivity contribution in [2.24, 2.45) is 0 Å². The molecule has 2 rings (SSSR count). The fourth-order valence-corrected chi connectivity index (χ4v) is 2.68. The molecule has 1 aromatic carbocycles. The van der Waals surface area contributed by atoms with Gasteiger partial charge in [-0.15, -0.1) is 0 Å². The summed E-state index contributed by atoms with van der Waals surface area (Å²) < 4.78 is 23.9. The van der Waals surface area contributed by atoms with Gasteiger partial charge in [0, 0.05) is 20.2 Å². The molecule has 3 amide bonds. The van der Waals surface area contributed by atoms with E-state index in [1.165, 1.54) is 19.2 Å². The summed E-state index contributed by atoms with van der Waals surface area (Å²) in [7, 11) is 1.54. The van der Waals surface area contributed by atoms with E-state index in [1.807, 2.05) is 4.90 Å². The lowest BCUT2D eigenvalue weighted by atomic mass is 10.1. The highest BCUT2D eigenvalue weighted by atomic mass is 19.1. The minimum absolute atomic E-state index is 0.0707. The molecule has 2 N–H and O–H groups in total. The van der Waals surface area contributed by atoms with Gasteiger partial charge >= 0.3 is 6.03 Å². The number of benzene rings is 1. The maximum atomic E-state index is 13.3. The molecule has 0 radical (unpaired) electrons. The van der Waals surface area contributed by atoms with Crippen LogP contribution in [0.5, 0.6) is 0 Å². The van der Waals surface area contributed by atoms with Crippen LogP contribution < -0.4 is 10.6 Å². The fraction of sp³-hybridized carbons (Fsp3) is 0.529. The number of rotatable bonds is 6. The average molecular weight is 353 g/mol. The number of carbonyl (C=O) groups excluding carboxylic acids is 2. The quantitative estimate of drug-likeness (QED) is 0.799. The molecule has 2 atom stereocenters. The fourth-order valence-electron chi connectivity index (χ4n) is 2.68. The lowest BCUT2D eigenvalue weighted by Crippen LogP contribution is -2.49. The summed E-state index contributed by atoms with van der Waals surface area (Å²) in [5.74, 6) is -0.722. The molecule has 7 nitrogen and oxygen atoms in total. The molecule has 2 unspecified atom stereocenters. The van der Waals surface area contributed by atoms with Gasteiger partial charge in [-0.1, -0.05) is 12.1 Å². The number of nitrogens with zero attached hydrogens (tertiary/aromatic N) is 1. The summed E-state index contributed by atoms with van der Waals surface area (Å²) in [6.07, 6.45) is -0.298. The number of imide groups is 1. The van der Waals surface area contributed by atoms with Gasteiger partial charge in [0.25, 0.3) is 0 Å². The standard InChI is InChI=1S/C17H24FN3O4/c1-12(11-24-2)19-17(23)20-16(22)10-21-6-7-25-15(9-21)13-4-3-5-14(18)8-13/h3-5,8,12,15H,6-7,9-11H2,1-2H3,(H2,19,20,22,23). The van der Waals surface area contributed by atoms with Crippen molar-refractivity contribution >= 4 is 11.9 Å². The molecule has 8 heteroatoms. The predicted molar refractivity (Wildman–Crippen MR) is 89.5 cm³/mol. The molecule has 0 saturated carbocycles. The first kappa shape index (κ1) is 19.3. The number of ether oxygens (including phenoxy) is 2. The first-order valence-electron chi connectivity index (χ1n) is 8.16. The summed E-state index contributed by atoms with van der Waals surface area (Å²) in [4.78, 5) is 25.6. The first-order chi connectivity index (χ1) is 12.0. The molecule has 0 bridgehead atoms. The van der Waals surface area contributed by atoms with Crippen LogP contribution in [0.2, 0.25) is 0 Å². The molecule has 1 heterocycles. The lowest BCUT2D eigenvalue weighted by Gasteiger charge is -2.32. The van der Waals surface area contributed by atoms with E-state index in [2.05, 4.69) is 10.6 Å². The largest absolute Gasteiger partial charge is 0.383 e. The van der Waals surface area contributed by atoms with Crippen molar-refractivity contribution in [2.75, 3.05) is 40.0 Å². The molecule has 138 valence electrons. The normalized spacial score (nSPS) is 19.2. The third kappa shape index (κ3) is 6.41. The van der Waals surface area contributed by atoms with Crippen molar-refractivity contribution in [3.05, 3.63) is 35.6 Å². The molecule has 0 aromatic heterocycles. The third-order valence-electron chi connectivity index (χ3n) is 3.79. The van der Waals surface area contributed by atoms with Crippen LogP contribution in [-0.2, 0) is 14.3 Å². The number of amides is 3. The van der Waals surface area contributed by atoms with Crippen molar-refractivity contribution < 1.29 is 23.5 Å². The second kappa shape index (κ2) is 9.45. The Morgan fingerprint density at radius 1 is 1.48 bits per heavy atom. The zero-order valence-electron chi connectivity index (χ0n) is 14.5. The summed E-state index contributed by atoms with van der Waals surface area (Å²) in [6.45, 7) is 3.67. The van der Waals surface area contributed by atoms with Crippen LogP contribution in [0.25, 0.3) is 0 Å². The van der Waals surface area contributed by atoms with Gasteiger partial charge in [-0.2, -0.15) is 0 Å². The summed E-state index contributed by atoms with van der Waals surface area (Å²) in [6, 6.07) is 5.48. The van der Waals surface area contributed by atoms with E-state index in [9.17, 15) is 14.0 Å². The smallest absolute Gasteiger partial charge is 0.321 e. The van der Waals surface area contributed by atoms with Crippen LogP contribution >= 0.6 is 0 Å². The van der Waals surface area contributed by atoms with Crippen molar-refractivity contribution in [1.29, 1.82) is 0 Å². The lowest BCUT2D eigenvalue weighted by molar-refractivity contribution is -0.123. The molecular formula is C17H24FN3O4. The zero-order chi connectivity index (χ0) is 18.2. The molecular weight excluding hydrogens is 329 g/mol. The van der Waals surface area contributed by atoms with Crippen LogP contribution in [0.4, 0.5) is 9.18 Å². The number of methoxy groups -OCH3 is 1. The number of nitrogens with one attached hydrogen (secondary N) is 2. The molecule has 0 spiro atoms. The van der Waals surface area contributed by atoms with Gasteiger partial charge in [-0.25, -0.2) is 9.18 Å². The highest BCUT2D eigenvalue weighted by Gasteiger charge is 2.24. The predicted octanol–water partition coefficient (Wildman–Crippen LogP) is 1.06. The topological polar surface area (TPSA) is 79.9 Å². The van der Waals surface area contributed by atoms with Gasteiger partial charge in [-0.05, 0) is 24.6 Å². The molecule has 0 aliphatic carbocycles. The van der Waals surface area contributed by atoms with E-state index in [1.54, 1.807) is 19.1 Å². The van der Waals surface area contributed by atoms with Crippen LogP contribution in [0.1, 0.15) is 18.6 Å². The number of halogens is 1. The van der Waals surface area contributed by atoms with Crippen LogP contribution in [0.3, 0.4) is 0 Å². The highest BCUT2D eigenvalue weighted by molar-refractivity contribution is 5.95. The average Bonchev–Trinajstić information content (AvgIpc) is 2.55. The summed E-state index contributed by atoms with van der Waals surface area (Å²) in [5, 5.41) is 4.90. The summed E-state index contributed by atoms with van der Waals surface area (Å²) >= 11 is 0. The van der Waals surface area contributed by atoms with Crippen LogP contribution in [0, 0.1) is 5.82 Å². The monoisotopic (exact) mass is 353 g/mol. The van der Waals surface area contributed by atoms with Gasteiger partial charge in [0.1, 0.15) is 5.82 Å². The minimum Gasteiger partial charge on any atom is -0.383 e. The Labute approximate surface area is 146 Å². The number of morpholine rings is 1. The Balaban J connectivity index is 1.81. The number of carbonyl (C=O) groups is 2. The Morgan fingerprint density at radius 2 is 2.28 bits per heavy atom. The molecule has 1 fully saturated rings. The van der Waals surface area contributed by atoms with Crippen molar-refractivity contribution in [1.82, 2.24) is 15.5 Å². The van der Waals surface area contributed by atoms with E-state index < -0.39 is 11.9 Å². The second-order valence-electron chi connectivity index (χ2n) is 6.03. The third-order valence-corrected chi connectivity index (χ3v) is 3.79. The van der Waals surface area contributed by atoms with Crippen LogP contribution in [-0.4, -0.2) is 62.8 Å². The van der Waals surface area contributed by atoms with E-state index in [4.69, 9.17) is 9.47 Å². The van der Waals surface area contributed by atoms with Crippen molar-refractivity contribution in [3.8, 4) is 0 Å². The van der Waals surface area contributed by atoms with Crippen LogP contribution in [0.15, 0.2) is 24.3 Å². The SMILES string of the molecule is COCC(C)NC(=O)NC(=O)CN1CCOC(c2cccc(F)c2)C1. The maximum Gasteiger partial charge on any atom is 0.321 e. The van der Waals surface area contributed by atoms with E-state index in [0.29, 0.717) is 26.3 Å². The molecule has 1 aromatic rings. The van der Waals surface area contributed by atoms with Crippen molar-refractivity contribution in [3.63, 3.8) is 0 Å². The Kier molecular flexibility index (Phi) is 7.30. The molecule has 1 aliphatic heterocycles. The van der Waals surface area contributed by atoms with Gasteiger partial charge in [0.2, 0.25) is 5.91 Å². The van der Waals surface area contributed by atoms with Gasteiger partial charge in [0.05, 0.1) is 31.9 Å². The molecule has 1 saturated heterocycles. The Morgan fingerprint density at radius 3 is 3.00 bits per heavy atom. The highest BCUT2D eigenvalue weighted by Crippen LogP contribution is 2.22. The molecule has 1 aliphatic rings. The summed E-state index contributed by atoms with van der Waals surface area (Å²) in [5.41, 5.74) is 0.733. The van der Waals surface area contributed by atoms with E-state index >= 15 is 0 Å². The van der Waals surface area contributed by atoms with Gasteiger partial charge in [-0.3, -0.25) is 15.0 Å². The number of urea groups is 1. The van der Waals surface area contributed by atoms with Crippen molar-refractivity contribution in [2.45, 2.75) is 19.1 Å². The molecule has 25 heavy (non-hydrogen) atoms. The second-order valence-corrected chi connectivity index (χ2v) is 6.03. The Bertz CT molecular complexity index is 599. The Hall–Kier alpha value is -2.03. The zero-order valence-corrected chi connectivity index (χ0v) is 14.5. The van der Waals surface area contributed by atoms with Gasteiger partial charge < -0.3 is 14.8 Å². The van der Waals surface area contributed by atoms with E-state index in [0.717, 1.165) is 5.56 Å². The van der Waals surface area contributed by atoms with E-state index in [-0.39, 0.29) is 24.5 Å². The maximum absolute atomic E-state index is 13.3.